The molecule has 0 bridgehead atoms. The highest BCUT2D eigenvalue weighted by molar-refractivity contribution is 5.76. The summed E-state index contributed by atoms with van der Waals surface area (Å²) in [6.07, 6.45) is 1.53. The summed E-state index contributed by atoms with van der Waals surface area (Å²) in [6.45, 7) is 3.04. The number of anilines is 1. The Bertz CT molecular complexity index is 413. The molecule has 0 saturated carbocycles. The number of fused-ring (bicyclic) bond motifs is 1. The average Bonchev–Trinajstić information content (AvgIpc) is 2.27. The van der Waals surface area contributed by atoms with Crippen LogP contribution < -0.4 is 20.9 Å². The molecule has 1 aromatic rings. The van der Waals surface area contributed by atoms with E-state index in [1.165, 1.54) is 6.20 Å². The number of benzene rings is 1. The van der Waals surface area contributed by atoms with Crippen LogP contribution in [-0.2, 0) is 0 Å². The van der Waals surface area contributed by atoms with Gasteiger partial charge in [0.1, 0.15) is 13.2 Å². The Kier molecular flexibility index (Phi) is 2.41. The molecule has 0 saturated heterocycles. The Labute approximate surface area is 88.5 Å². The number of rotatable bonds is 1. The molecule has 0 amide bonds. The van der Waals surface area contributed by atoms with Crippen LogP contribution in [0, 0.1) is 0 Å². The third-order valence-electron chi connectivity index (χ3n) is 2.39. The van der Waals surface area contributed by atoms with Gasteiger partial charge >= 0.3 is 0 Å². The summed E-state index contributed by atoms with van der Waals surface area (Å²) in [5.41, 5.74) is 13.8. The van der Waals surface area contributed by atoms with Crippen LogP contribution in [-0.4, -0.2) is 13.2 Å². The standard InChI is InChI=1S/C11H14N2O2/c1-7(6-12)8-4-10-11(5-9(8)13)15-3-2-14-10/h4-6H,2-3,12-13H2,1H3/b7-6-. The minimum atomic E-state index is 0.567. The van der Waals surface area contributed by atoms with Crippen molar-refractivity contribution in [2.75, 3.05) is 18.9 Å². The van der Waals surface area contributed by atoms with Crippen molar-refractivity contribution in [3.8, 4) is 11.5 Å². The van der Waals surface area contributed by atoms with E-state index >= 15 is 0 Å². The topological polar surface area (TPSA) is 70.5 Å². The molecular weight excluding hydrogens is 192 g/mol. The molecule has 0 fully saturated rings. The van der Waals surface area contributed by atoms with Crippen molar-refractivity contribution in [1.29, 1.82) is 0 Å². The van der Waals surface area contributed by atoms with E-state index in [1.807, 2.05) is 13.0 Å². The van der Waals surface area contributed by atoms with E-state index in [2.05, 4.69) is 0 Å². The molecule has 1 aliphatic heterocycles. The maximum atomic E-state index is 5.89. The quantitative estimate of drug-likeness (QED) is 0.680. The summed E-state index contributed by atoms with van der Waals surface area (Å²) in [5, 5.41) is 0. The Hall–Kier alpha value is -1.84. The fourth-order valence-electron chi connectivity index (χ4n) is 1.54. The van der Waals surface area contributed by atoms with E-state index in [-0.39, 0.29) is 0 Å². The van der Waals surface area contributed by atoms with Crippen molar-refractivity contribution in [3.63, 3.8) is 0 Å². The molecule has 0 spiro atoms. The molecule has 0 unspecified atom stereocenters. The molecule has 4 nitrogen and oxygen atoms in total. The lowest BCUT2D eigenvalue weighted by molar-refractivity contribution is 0.171. The van der Waals surface area contributed by atoms with Crippen molar-refractivity contribution in [1.82, 2.24) is 0 Å². The van der Waals surface area contributed by atoms with Crippen molar-refractivity contribution >= 4 is 11.3 Å². The second kappa shape index (κ2) is 3.73. The molecule has 1 aromatic carbocycles. The zero-order chi connectivity index (χ0) is 10.8. The number of allylic oxidation sites excluding steroid dienone is 1. The first-order chi connectivity index (χ1) is 7.22. The average molecular weight is 206 g/mol. The highest BCUT2D eigenvalue weighted by Gasteiger charge is 2.14. The number of hydrogen-bond acceptors (Lipinski definition) is 4. The molecule has 0 radical (unpaired) electrons. The first-order valence-corrected chi connectivity index (χ1v) is 4.80. The van der Waals surface area contributed by atoms with Gasteiger partial charge in [0.25, 0.3) is 0 Å². The maximum Gasteiger partial charge on any atom is 0.163 e. The molecule has 0 aliphatic carbocycles. The molecule has 4 heteroatoms. The van der Waals surface area contributed by atoms with Gasteiger partial charge < -0.3 is 20.9 Å². The van der Waals surface area contributed by atoms with Gasteiger partial charge in [-0.1, -0.05) is 0 Å². The van der Waals surface area contributed by atoms with Gasteiger partial charge in [0.15, 0.2) is 11.5 Å². The lowest BCUT2D eigenvalue weighted by atomic mass is 10.1. The molecule has 2 rings (SSSR count). The van der Waals surface area contributed by atoms with Gasteiger partial charge in [-0.2, -0.15) is 0 Å². The molecule has 0 atom stereocenters. The van der Waals surface area contributed by atoms with Crippen LogP contribution >= 0.6 is 0 Å². The second-order valence-electron chi connectivity index (χ2n) is 3.43. The highest BCUT2D eigenvalue weighted by Crippen LogP contribution is 2.36. The van der Waals surface area contributed by atoms with Crippen LogP contribution in [0.4, 0.5) is 5.69 Å². The second-order valence-corrected chi connectivity index (χ2v) is 3.43. The molecule has 80 valence electrons. The largest absolute Gasteiger partial charge is 0.486 e. The SMILES string of the molecule is C/C(=C/N)c1cc2c(cc1N)OCCO2. The van der Waals surface area contributed by atoms with Crippen LogP contribution in [0.1, 0.15) is 12.5 Å². The predicted molar refractivity (Wildman–Crippen MR) is 59.7 cm³/mol. The third kappa shape index (κ3) is 1.70. The van der Waals surface area contributed by atoms with Gasteiger partial charge in [-0.3, -0.25) is 0 Å². The minimum absolute atomic E-state index is 0.567. The van der Waals surface area contributed by atoms with E-state index in [9.17, 15) is 0 Å². The maximum absolute atomic E-state index is 5.89. The fraction of sp³-hybridized carbons (Fsp3) is 0.273. The summed E-state index contributed by atoms with van der Waals surface area (Å²) < 4.78 is 10.9. The number of nitrogens with two attached hydrogens (primary N) is 2. The van der Waals surface area contributed by atoms with Gasteiger partial charge in [0.2, 0.25) is 0 Å². The molecule has 1 aliphatic rings. The molecule has 1 heterocycles. The van der Waals surface area contributed by atoms with E-state index in [0.717, 1.165) is 16.9 Å². The summed E-state index contributed by atoms with van der Waals surface area (Å²) in [6, 6.07) is 3.64. The lowest BCUT2D eigenvalue weighted by Gasteiger charge is -2.20. The Morgan fingerprint density at radius 3 is 2.47 bits per heavy atom. The monoisotopic (exact) mass is 206 g/mol. The summed E-state index contributed by atoms with van der Waals surface area (Å²) in [7, 11) is 0. The smallest absolute Gasteiger partial charge is 0.163 e. The van der Waals surface area contributed by atoms with Crippen molar-refractivity contribution in [3.05, 3.63) is 23.9 Å². The van der Waals surface area contributed by atoms with Gasteiger partial charge in [-0.05, 0) is 24.8 Å². The summed E-state index contributed by atoms with van der Waals surface area (Å²) in [5.74, 6) is 1.43. The van der Waals surface area contributed by atoms with Crippen molar-refractivity contribution in [2.45, 2.75) is 6.92 Å². The molecule has 0 aromatic heterocycles. The Morgan fingerprint density at radius 1 is 1.27 bits per heavy atom. The number of nitrogen functional groups attached to an aromatic ring is 1. The Morgan fingerprint density at radius 2 is 1.87 bits per heavy atom. The van der Waals surface area contributed by atoms with Crippen LogP contribution in [0.2, 0.25) is 0 Å². The summed E-state index contributed by atoms with van der Waals surface area (Å²) in [4.78, 5) is 0. The van der Waals surface area contributed by atoms with Crippen LogP contribution in [0.3, 0.4) is 0 Å². The molecular formula is C11H14N2O2. The zero-order valence-electron chi connectivity index (χ0n) is 8.62. The van der Waals surface area contributed by atoms with E-state index in [1.54, 1.807) is 6.07 Å². The third-order valence-corrected chi connectivity index (χ3v) is 2.39. The molecule has 15 heavy (non-hydrogen) atoms. The lowest BCUT2D eigenvalue weighted by Crippen LogP contribution is -2.15. The van der Waals surface area contributed by atoms with Crippen molar-refractivity contribution in [2.24, 2.45) is 5.73 Å². The van der Waals surface area contributed by atoms with Crippen LogP contribution in [0.15, 0.2) is 18.3 Å². The fourth-order valence-corrected chi connectivity index (χ4v) is 1.54. The number of ether oxygens (including phenoxy) is 2. The van der Waals surface area contributed by atoms with Crippen molar-refractivity contribution < 1.29 is 9.47 Å². The summed E-state index contributed by atoms with van der Waals surface area (Å²) >= 11 is 0. The highest BCUT2D eigenvalue weighted by atomic mass is 16.6. The van der Waals surface area contributed by atoms with Gasteiger partial charge in [0.05, 0.1) is 0 Å². The Balaban J connectivity index is 2.49. The van der Waals surface area contributed by atoms with E-state index in [4.69, 9.17) is 20.9 Å². The minimum Gasteiger partial charge on any atom is -0.486 e. The van der Waals surface area contributed by atoms with Crippen LogP contribution in [0.5, 0.6) is 11.5 Å². The van der Waals surface area contributed by atoms with Gasteiger partial charge in [0, 0.05) is 17.3 Å². The van der Waals surface area contributed by atoms with Crippen LogP contribution in [0.25, 0.3) is 5.57 Å². The van der Waals surface area contributed by atoms with E-state index in [0.29, 0.717) is 24.7 Å². The van der Waals surface area contributed by atoms with E-state index < -0.39 is 0 Å². The number of hydrogen-bond donors (Lipinski definition) is 2. The first-order valence-electron chi connectivity index (χ1n) is 4.80. The van der Waals surface area contributed by atoms with Gasteiger partial charge in [-0.25, -0.2) is 0 Å². The zero-order valence-corrected chi connectivity index (χ0v) is 8.62. The normalized spacial score (nSPS) is 15.1. The molecule has 4 N–H and O–H groups in total. The van der Waals surface area contributed by atoms with Gasteiger partial charge in [-0.15, -0.1) is 0 Å². The predicted octanol–water partition coefficient (Wildman–Crippen LogP) is 1.36. The first kappa shape index (κ1) is 9.71.